The van der Waals surface area contributed by atoms with Crippen molar-refractivity contribution >= 4 is 17.3 Å². The van der Waals surface area contributed by atoms with Crippen LogP contribution in [-0.2, 0) is 0 Å². The van der Waals surface area contributed by atoms with Gasteiger partial charge in [-0.2, -0.15) is 0 Å². The second-order valence-electron chi connectivity index (χ2n) is 2.97. The minimum atomic E-state index is -1.18. The molecule has 7 heteroatoms. The number of hydrogen-bond acceptors (Lipinski definition) is 6. The molecule has 6 nitrogen and oxygen atoms in total. The van der Waals surface area contributed by atoms with Crippen molar-refractivity contribution in [1.29, 1.82) is 0 Å². The number of carboxylic acids is 1. The van der Waals surface area contributed by atoms with E-state index >= 15 is 0 Å². The summed E-state index contributed by atoms with van der Waals surface area (Å²) in [6.45, 7) is 0.244. The average Bonchev–Trinajstić information content (AvgIpc) is 2.65. The van der Waals surface area contributed by atoms with Crippen LogP contribution in [0.1, 0.15) is 28.0 Å². The van der Waals surface area contributed by atoms with Gasteiger partial charge in [0, 0.05) is 5.38 Å². The Hall–Kier alpha value is -1.02. The number of carbonyl (C=O) groups is 1. The summed E-state index contributed by atoms with van der Waals surface area (Å²) in [5.41, 5.74) is 5.38. The monoisotopic (exact) mass is 232 g/mol. The summed E-state index contributed by atoms with van der Waals surface area (Å²) < 4.78 is 0. The van der Waals surface area contributed by atoms with Crippen molar-refractivity contribution < 1.29 is 20.1 Å². The van der Waals surface area contributed by atoms with Gasteiger partial charge in [0.15, 0.2) is 0 Å². The van der Waals surface area contributed by atoms with E-state index in [4.69, 9.17) is 10.8 Å². The smallest absolute Gasteiger partial charge is 0.365 e. The zero-order valence-electron chi connectivity index (χ0n) is 7.83. The number of aliphatic hydroxyl groups excluding tert-OH is 2. The number of carboxylic acid groups (broad SMARTS) is 1. The van der Waals surface area contributed by atoms with Gasteiger partial charge in [-0.25, -0.2) is 9.78 Å². The number of rotatable bonds is 5. The fourth-order valence-electron chi connectivity index (χ4n) is 1.05. The first-order chi connectivity index (χ1) is 7.06. The molecule has 0 aliphatic rings. The van der Waals surface area contributed by atoms with Crippen LogP contribution < -0.4 is 5.73 Å². The van der Waals surface area contributed by atoms with E-state index in [1.54, 1.807) is 0 Å². The van der Waals surface area contributed by atoms with Crippen molar-refractivity contribution in [1.82, 2.24) is 4.98 Å². The van der Waals surface area contributed by atoms with Gasteiger partial charge in [-0.05, 0) is 13.0 Å². The molecule has 0 amide bonds. The van der Waals surface area contributed by atoms with Gasteiger partial charge in [0.1, 0.15) is 6.10 Å². The molecule has 1 rings (SSSR count). The van der Waals surface area contributed by atoms with E-state index in [0.717, 1.165) is 11.3 Å². The molecule has 2 unspecified atom stereocenters. The van der Waals surface area contributed by atoms with Gasteiger partial charge in [-0.15, -0.1) is 11.3 Å². The molecular weight excluding hydrogens is 220 g/mol. The highest BCUT2D eigenvalue weighted by Gasteiger charge is 2.21. The number of nitrogens with zero attached hydrogens (tertiary/aromatic N) is 1. The van der Waals surface area contributed by atoms with Crippen molar-refractivity contribution in [2.24, 2.45) is 5.73 Å². The average molecular weight is 232 g/mol. The molecule has 0 saturated carbocycles. The standard InChI is InChI=1S/C8H12N2O4S/c9-2-1-5(11)6(12)4-3-15-7(10-4)8(13)14/h3,5-6,11-12H,1-2,9H2,(H,13,14). The van der Waals surface area contributed by atoms with E-state index in [1.807, 2.05) is 0 Å². The molecule has 0 aliphatic heterocycles. The Balaban J connectivity index is 2.73. The zero-order chi connectivity index (χ0) is 11.4. The summed E-state index contributed by atoms with van der Waals surface area (Å²) in [7, 11) is 0. The van der Waals surface area contributed by atoms with Crippen LogP contribution in [0.2, 0.25) is 0 Å². The van der Waals surface area contributed by atoms with Crippen LogP contribution in [0.3, 0.4) is 0 Å². The number of nitrogens with two attached hydrogens (primary N) is 1. The lowest BCUT2D eigenvalue weighted by atomic mass is 10.1. The second-order valence-corrected chi connectivity index (χ2v) is 3.83. The molecule has 84 valence electrons. The fraction of sp³-hybridized carbons (Fsp3) is 0.500. The molecule has 0 radical (unpaired) electrons. The highest BCUT2D eigenvalue weighted by atomic mass is 32.1. The highest BCUT2D eigenvalue weighted by Crippen LogP contribution is 2.20. The lowest BCUT2D eigenvalue weighted by Gasteiger charge is -2.14. The van der Waals surface area contributed by atoms with E-state index in [9.17, 15) is 15.0 Å². The molecule has 1 aromatic rings. The molecule has 0 fully saturated rings. The predicted molar refractivity (Wildman–Crippen MR) is 53.7 cm³/mol. The maximum Gasteiger partial charge on any atom is 0.365 e. The van der Waals surface area contributed by atoms with Crippen LogP contribution in [-0.4, -0.2) is 38.9 Å². The van der Waals surface area contributed by atoms with Gasteiger partial charge in [0.05, 0.1) is 11.8 Å². The van der Waals surface area contributed by atoms with Gasteiger partial charge in [0.25, 0.3) is 0 Å². The Bertz CT molecular complexity index is 341. The van der Waals surface area contributed by atoms with Crippen LogP contribution >= 0.6 is 11.3 Å². The van der Waals surface area contributed by atoms with Crippen molar-refractivity contribution in [3.63, 3.8) is 0 Å². The Morgan fingerprint density at radius 3 is 2.73 bits per heavy atom. The zero-order valence-corrected chi connectivity index (χ0v) is 8.65. The van der Waals surface area contributed by atoms with E-state index in [2.05, 4.69) is 4.98 Å². The highest BCUT2D eigenvalue weighted by molar-refractivity contribution is 7.11. The molecule has 5 N–H and O–H groups in total. The normalized spacial score (nSPS) is 14.9. The van der Waals surface area contributed by atoms with Crippen molar-refractivity contribution in [2.45, 2.75) is 18.6 Å². The maximum atomic E-state index is 10.5. The van der Waals surface area contributed by atoms with Crippen molar-refractivity contribution in [2.75, 3.05) is 6.54 Å². The largest absolute Gasteiger partial charge is 0.476 e. The molecule has 1 heterocycles. The molecule has 15 heavy (non-hydrogen) atoms. The predicted octanol–water partition coefficient (Wildman–Crippen LogP) is -0.416. The van der Waals surface area contributed by atoms with Crippen LogP contribution in [0.25, 0.3) is 0 Å². The van der Waals surface area contributed by atoms with Crippen molar-refractivity contribution in [3.8, 4) is 0 Å². The minimum absolute atomic E-state index is 0.107. The molecule has 1 aromatic heterocycles. The molecule has 0 saturated heterocycles. The third kappa shape index (κ3) is 2.96. The van der Waals surface area contributed by atoms with E-state index < -0.39 is 18.2 Å². The number of hydrogen-bond donors (Lipinski definition) is 4. The number of aromatic carboxylic acids is 1. The van der Waals surface area contributed by atoms with Gasteiger partial charge < -0.3 is 21.1 Å². The lowest BCUT2D eigenvalue weighted by molar-refractivity contribution is 0.0127. The minimum Gasteiger partial charge on any atom is -0.476 e. The lowest BCUT2D eigenvalue weighted by Crippen LogP contribution is -2.22. The van der Waals surface area contributed by atoms with Gasteiger partial charge in [-0.1, -0.05) is 0 Å². The van der Waals surface area contributed by atoms with Crippen molar-refractivity contribution in [3.05, 3.63) is 16.1 Å². The summed E-state index contributed by atoms with van der Waals surface area (Å²) in [5.74, 6) is -1.15. The summed E-state index contributed by atoms with van der Waals surface area (Å²) in [5, 5.41) is 28.9. The molecule has 0 bridgehead atoms. The molecular formula is C8H12N2O4S. The van der Waals surface area contributed by atoms with E-state index in [1.165, 1.54) is 5.38 Å². The second kappa shape index (κ2) is 5.17. The Morgan fingerprint density at radius 2 is 2.27 bits per heavy atom. The number of aromatic nitrogens is 1. The topological polar surface area (TPSA) is 117 Å². The summed E-state index contributed by atoms with van der Waals surface area (Å²) >= 11 is 0.908. The van der Waals surface area contributed by atoms with Gasteiger partial charge in [-0.3, -0.25) is 0 Å². The number of thiazole rings is 1. The third-order valence-corrected chi connectivity index (χ3v) is 2.68. The molecule has 0 aromatic carbocycles. The van der Waals surface area contributed by atoms with E-state index in [0.29, 0.717) is 0 Å². The Morgan fingerprint density at radius 1 is 1.60 bits per heavy atom. The SMILES string of the molecule is NCCC(O)C(O)c1csc(C(=O)O)n1. The van der Waals surface area contributed by atoms with Crippen LogP contribution in [0.5, 0.6) is 0 Å². The molecule has 0 spiro atoms. The Kier molecular flexibility index (Phi) is 4.15. The summed E-state index contributed by atoms with van der Waals surface area (Å²) in [6, 6.07) is 0. The molecule has 0 aliphatic carbocycles. The third-order valence-electron chi connectivity index (χ3n) is 1.83. The summed E-state index contributed by atoms with van der Waals surface area (Å²) in [4.78, 5) is 14.2. The van der Waals surface area contributed by atoms with Crippen LogP contribution in [0.15, 0.2) is 5.38 Å². The number of aliphatic hydroxyl groups is 2. The van der Waals surface area contributed by atoms with Gasteiger partial charge in [0.2, 0.25) is 5.01 Å². The van der Waals surface area contributed by atoms with Crippen LogP contribution in [0, 0.1) is 0 Å². The quantitative estimate of drug-likeness (QED) is 0.548. The summed E-state index contributed by atoms with van der Waals surface area (Å²) in [6.07, 6.45) is -1.96. The van der Waals surface area contributed by atoms with E-state index in [-0.39, 0.29) is 23.7 Å². The Labute approximate surface area is 90.0 Å². The van der Waals surface area contributed by atoms with Crippen LogP contribution in [0.4, 0.5) is 0 Å². The first kappa shape index (κ1) is 12.1. The maximum absolute atomic E-state index is 10.5. The molecule has 2 atom stereocenters. The first-order valence-corrected chi connectivity index (χ1v) is 5.19. The fourth-order valence-corrected chi connectivity index (χ4v) is 1.73. The van der Waals surface area contributed by atoms with Gasteiger partial charge >= 0.3 is 5.97 Å². The first-order valence-electron chi connectivity index (χ1n) is 4.31.